The summed E-state index contributed by atoms with van der Waals surface area (Å²) in [6, 6.07) is 6.39. The smallest absolute Gasteiger partial charge is 0.147 e. The predicted octanol–water partition coefficient (Wildman–Crippen LogP) is 2.00. The minimum atomic E-state index is -2.86. The summed E-state index contributed by atoms with van der Waals surface area (Å²) in [4.78, 5) is 0. The van der Waals surface area contributed by atoms with E-state index in [0.717, 1.165) is 12.8 Å². The van der Waals surface area contributed by atoms with E-state index >= 15 is 0 Å². The van der Waals surface area contributed by atoms with Crippen molar-refractivity contribution in [1.29, 1.82) is 0 Å². The van der Waals surface area contributed by atoms with Gasteiger partial charge in [0.15, 0.2) is 0 Å². The molecule has 0 saturated heterocycles. The number of benzene rings is 1. The lowest BCUT2D eigenvalue weighted by Crippen LogP contribution is -2.24. The second-order valence-electron chi connectivity index (χ2n) is 5.17. The van der Waals surface area contributed by atoms with Crippen molar-refractivity contribution in [3.8, 4) is 0 Å². The van der Waals surface area contributed by atoms with Gasteiger partial charge in [-0.1, -0.05) is 23.8 Å². The van der Waals surface area contributed by atoms with E-state index in [0.29, 0.717) is 6.42 Å². The first-order chi connectivity index (χ1) is 8.28. The van der Waals surface area contributed by atoms with Crippen LogP contribution in [0.25, 0.3) is 0 Å². The Labute approximate surface area is 110 Å². The first kappa shape index (κ1) is 15.2. The highest BCUT2D eigenvalue weighted by Crippen LogP contribution is 2.14. The standard InChI is InChI=1S/C14H23NO2S/c1-11-6-7-12(2)13(9-11)10-14(15)5-4-8-18(3,16)17/h6-7,9,14H,4-5,8,10,15H2,1-3H3. The van der Waals surface area contributed by atoms with E-state index in [2.05, 4.69) is 32.0 Å². The van der Waals surface area contributed by atoms with Gasteiger partial charge in [-0.2, -0.15) is 0 Å². The zero-order chi connectivity index (χ0) is 13.8. The maximum Gasteiger partial charge on any atom is 0.147 e. The Balaban J connectivity index is 2.49. The third kappa shape index (κ3) is 5.65. The monoisotopic (exact) mass is 269 g/mol. The number of sulfone groups is 1. The largest absolute Gasteiger partial charge is 0.327 e. The van der Waals surface area contributed by atoms with Crippen molar-refractivity contribution in [3.63, 3.8) is 0 Å². The molecular formula is C14H23NO2S. The molecule has 1 unspecified atom stereocenters. The topological polar surface area (TPSA) is 60.2 Å². The highest BCUT2D eigenvalue weighted by atomic mass is 32.2. The van der Waals surface area contributed by atoms with E-state index in [1.54, 1.807) is 0 Å². The Morgan fingerprint density at radius 1 is 1.28 bits per heavy atom. The molecule has 0 aliphatic rings. The van der Waals surface area contributed by atoms with Crippen LogP contribution >= 0.6 is 0 Å². The summed E-state index contributed by atoms with van der Waals surface area (Å²) in [6.07, 6.45) is 3.48. The molecule has 102 valence electrons. The number of hydrogen-bond donors (Lipinski definition) is 1. The molecule has 1 aromatic rings. The average Bonchev–Trinajstić information content (AvgIpc) is 2.21. The summed E-state index contributed by atoms with van der Waals surface area (Å²) in [5, 5.41) is 0. The fraction of sp³-hybridized carbons (Fsp3) is 0.571. The Bertz CT molecular complexity index is 495. The number of aryl methyl sites for hydroxylation is 2. The van der Waals surface area contributed by atoms with Crippen LogP contribution in [0, 0.1) is 13.8 Å². The maximum absolute atomic E-state index is 11.0. The van der Waals surface area contributed by atoms with E-state index in [-0.39, 0.29) is 11.8 Å². The molecule has 4 heteroatoms. The minimum absolute atomic E-state index is 0.0345. The molecule has 2 N–H and O–H groups in total. The van der Waals surface area contributed by atoms with Crippen LogP contribution in [0.5, 0.6) is 0 Å². The van der Waals surface area contributed by atoms with E-state index in [9.17, 15) is 8.42 Å². The van der Waals surface area contributed by atoms with Crippen LogP contribution in [-0.2, 0) is 16.3 Å². The minimum Gasteiger partial charge on any atom is -0.327 e. The lowest BCUT2D eigenvalue weighted by Gasteiger charge is -2.13. The van der Waals surface area contributed by atoms with E-state index in [1.165, 1.54) is 22.9 Å². The molecule has 0 radical (unpaired) electrons. The van der Waals surface area contributed by atoms with Crippen LogP contribution in [0.2, 0.25) is 0 Å². The third-order valence-electron chi connectivity index (χ3n) is 3.08. The second kappa shape index (κ2) is 6.34. The molecule has 3 nitrogen and oxygen atoms in total. The molecular weight excluding hydrogens is 246 g/mol. The Hall–Kier alpha value is -0.870. The first-order valence-corrected chi connectivity index (χ1v) is 8.33. The van der Waals surface area contributed by atoms with Gasteiger partial charge in [0.2, 0.25) is 0 Å². The predicted molar refractivity (Wildman–Crippen MR) is 76.5 cm³/mol. The Kier molecular flexibility index (Phi) is 5.35. The van der Waals surface area contributed by atoms with Crippen molar-refractivity contribution in [2.45, 2.75) is 39.2 Å². The van der Waals surface area contributed by atoms with Gasteiger partial charge in [0.05, 0.1) is 0 Å². The summed E-state index contributed by atoms with van der Waals surface area (Å²) < 4.78 is 22.1. The number of hydrogen-bond acceptors (Lipinski definition) is 3. The van der Waals surface area contributed by atoms with Gasteiger partial charge < -0.3 is 5.73 Å². The van der Waals surface area contributed by atoms with Crippen LogP contribution < -0.4 is 5.73 Å². The first-order valence-electron chi connectivity index (χ1n) is 6.27. The molecule has 0 heterocycles. The van der Waals surface area contributed by atoms with Crippen molar-refractivity contribution in [3.05, 3.63) is 34.9 Å². The highest BCUT2D eigenvalue weighted by molar-refractivity contribution is 7.90. The van der Waals surface area contributed by atoms with Crippen molar-refractivity contribution in [2.75, 3.05) is 12.0 Å². The maximum atomic E-state index is 11.0. The number of rotatable bonds is 6. The molecule has 0 aromatic heterocycles. The van der Waals surface area contributed by atoms with Crippen LogP contribution in [0.3, 0.4) is 0 Å². The quantitative estimate of drug-likeness (QED) is 0.859. The summed E-state index contributed by atoms with van der Waals surface area (Å²) >= 11 is 0. The molecule has 1 rings (SSSR count). The molecule has 18 heavy (non-hydrogen) atoms. The number of nitrogens with two attached hydrogens (primary N) is 1. The van der Waals surface area contributed by atoms with Gasteiger partial charge in [-0.05, 0) is 44.2 Å². The van der Waals surface area contributed by atoms with Crippen molar-refractivity contribution < 1.29 is 8.42 Å². The zero-order valence-corrected chi connectivity index (χ0v) is 12.3. The van der Waals surface area contributed by atoms with Gasteiger partial charge in [-0.3, -0.25) is 0 Å². The van der Waals surface area contributed by atoms with Crippen molar-refractivity contribution >= 4 is 9.84 Å². The summed E-state index contributed by atoms with van der Waals surface area (Å²) in [5.74, 6) is 0.230. The fourth-order valence-corrected chi connectivity index (χ4v) is 2.70. The molecule has 0 aliphatic heterocycles. The van der Waals surface area contributed by atoms with Gasteiger partial charge in [-0.15, -0.1) is 0 Å². The zero-order valence-electron chi connectivity index (χ0n) is 11.4. The van der Waals surface area contributed by atoms with Crippen molar-refractivity contribution in [2.24, 2.45) is 5.73 Å². The third-order valence-corrected chi connectivity index (χ3v) is 4.11. The summed E-state index contributed by atoms with van der Waals surface area (Å²) in [7, 11) is -2.86. The van der Waals surface area contributed by atoms with Gasteiger partial charge in [0.1, 0.15) is 9.84 Å². The van der Waals surface area contributed by atoms with E-state index in [4.69, 9.17) is 5.73 Å². The molecule has 1 atom stereocenters. The molecule has 0 aliphatic carbocycles. The van der Waals surface area contributed by atoms with Gasteiger partial charge in [0, 0.05) is 18.1 Å². The lowest BCUT2D eigenvalue weighted by molar-refractivity contribution is 0.577. The van der Waals surface area contributed by atoms with Crippen LogP contribution in [0.15, 0.2) is 18.2 Å². The molecule has 0 bridgehead atoms. The SMILES string of the molecule is Cc1ccc(C)c(CC(N)CCCS(C)(=O)=O)c1. The Morgan fingerprint density at radius 2 is 1.94 bits per heavy atom. The van der Waals surface area contributed by atoms with Crippen LogP contribution in [0.1, 0.15) is 29.5 Å². The normalized spacial score (nSPS) is 13.6. The van der Waals surface area contributed by atoms with Crippen LogP contribution in [0.4, 0.5) is 0 Å². The van der Waals surface area contributed by atoms with E-state index in [1.807, 2.05) is 0 Å². The summed E-state index contributed by atoms with van der Waals surface area (Å²) in [5.41, 5.74) is 9.81. The lowest BCUT2D eigenvalue weighted by atomic mass is 9.97. The van der Waals surface area contributed by atoms with Gasteiger partial charge in [-0.25, -0.2) is 8.42 Å². The highest BCUT2D eigenvalue weighted by Gasteiger charge is 2.09. The van der Waals surface area contributed by atoms with E-state index < -0.39 is 9.84 Å². The Morgan fingerprint density at radius 3 is 2.56 bits per heavy atom. The summed E-state index contributed by atoms with van der Waals surface area (Å²) in [6.45, 7) is 4.15. The van der Waals surface area contributed by atoms with Gasteiger partial charge >= 0.3 is 0 Å². The molecule has 0 saturated carbocycles. The second-order valence-corrected chi connectivity index (χ2v) is 7.43. The van der Waals surface area contributed by atoms with Gasteiger partial charge in [0.25, 0.3) is 0 Å². The molecule has 0 amide bonds. The van der Waals surface area contributed by atoms with Crippen LogP contribution in [-0.4, -0.2) is 26.5 Å². The molecule has 1 aromatic carbocycles. The van der Waals surface area contributed by atoms with Crippen molar-refractivity contribution in [1.82, 2.24) is 0 Å². The molecule has 0 spiro atoms. The molecule has 0 fully saturated rings. The average molecular weight is 269 g/mol. The fourth-order valence-electron chi connectivity index (χ4n) is 2.01.